The Morgan fingerprint density at radius 3 is 2.73 bits per heavy atom. The van der Waals surface area contributed by atoms with Crippen LogP contribution in [0.5, 0.6) is 0 Å². The Morgan fingerprint density at radius 2 is 2.13 bits per heavy atom. The van der Waals surface area contributed by atoms with Crippen LogP contribution in [0.25, 0.3) is 0 Å². The van der Waals surface area contributed by atoms with E-state index in [1.54, 1.807) is 0 Å². The van der Waals surface area contributed by atoms with Crippen molar-refractivity contribution in [3.63, 3.8) is 0 Å². The zero-order chi connectivity index (χ0) is 11.3. The van der Waals surface area contributed by atoms with Crippen LogP contribution in [0, 0.1) is 0 Å². The molecule has 15 heavy (non-hydrogen) atoms. The van der Waals surface area contributed by atoms with Gasteiger partial charge < -0.3 is 0 Å². The Balaban J connectivity index is 2.78. The molecule has 0 aliphatic carbocycles. The Labute approximate surface area is 104 Å². The predicted octanol–water partition coefficient (Wildman–Crippen LogP) is 4.08. The van der Waals surface area contributed by atoms with Crippen molar-refractivity contribution in [2.75, 3.05) is 0 Å². The molecule has 0 radical (unpaired) electrons. The van der Waals surface area contributed by atoms with Gasteiger partial charge in [-0.15, -0.1) is 11.8 Å². The van der Waals surface area contributed by atoms with Gasteiger partial charge in [0.15, 0.2) is 0 Å². The summed E-state index contributed by atoms with van der Waals surface area (Å²) < 4.78 is 0.895. The van der Waals surface area contributed by atoms with Gasteiger partial charge in [0.25, 0.3) is 0 Å². The van der Waals surface area contributed by atoms with Gasteiger partial charge in [-0.3, -0.25) is 0 Å². The van der Waals surface area contributed by atoms with Crippen molar-refractivity contribution in [3.8, 4) is 0 Å². The number of thioether (sulfide) groups is 1. The van der Waals surface area contributed by atoms with Crippen molar-refractivity contribution in [2.24, 2.45) is 0 Å². The molecule has 0 aliphatic heterocycles. The van der Waals surface area contributed by atoms with Crippen molar-refractivity contribution < 1.29 is 0 Å². The molecule has 1 aromatic rings. The molecule has 84 valence electrons. The molecule has 0 bridgehead atoms. The molecule has 0 spiro atoms. The van der Waals surface area contributed by atoms with Crippen molar-refractivity contribution in [1.82, 2.24) is 9.97 Å². The first-order valence-corrected chi connectivity index (χ1v) is 7.03. The lowest BCUT2D eigenvalue weighted by atomic mass is 10.3. The molecular formula is C11H17BrN2S. The summed E-state index contributed by atoms with van der Waals surface area (Å²) in [6.07, 6.45) is 3.20. The Kier molecular flexibility index (Phi) is 5.61. The summed E-state index contributed by atoms with van der Waals surface area (Å²) in [6, 6.07) is 2.00. The van der Waals surface area contributed by atoms with Gasteiger partial charge in [-0.2, -0.15) is 0 Å². The monoisotopic (exact) mass is 288 g/mol. The van der Waals surface area contributed by atoms with Crippen LogP contribution >= 0.6 is 27.7 Å². The maximum Gasteiger partial charge on any atom is 0.130 e. The second-order valence-electron chi connectivity index (χ2n) is 3.53. The Bertz CT molecular complexity index is 317. The highest BCUT2D eigenvalue weighted by atomic mass is 79.9. The van der Waals surface area contributed by atoms with E-state index in [-0.39, 0.29) is 0 Å². The first-order valence-electron chi connectivity index (χ1n) is 5.35. The summed E-state index contributed by atoms with van der Waals surface area (Å²) in [7, 11) is 0. The van der Waals surface area contributed by atoms with E-state index < -0.39 is 0 Å². The van der Waals surface area contributed by atoms with Gasteiger partial charge in [0.1, 0.15) is 15.5 Å². The molecule has 0 fully saturated rings. The number of rotatable bonds is 5. The molecule has 1 atom stereocenters. The molecule has 2 nitrogen and oxygen atoms in total. The molecule has 0 aliphatic rings. The minimum atomic E-state index is 0.612. The summed E-state index contributed by atoms with van der Waals surface area (Å²) in [6.45, 7) is 6.56. The van der Waals surface area contributed by atoms with E-state index >= 15 is 0 Å². The van der Waals surface area contributed by atoms with E-state index in [0.29, 0.717) is 5.25 Å². The smallest absolute Gasteiger partial charge is 0.130 e. The lowest BCUT2D eigenvalue weighted by molar-refractivity contribution is 0.800. The van der Waals surface area contributed by atoms with Gasteiger partial charge in [-0.1, -0.05) is 20.8 Å². The molecule has 1 rings (SSSR count). The third kappa shape index (κ3) is 4.51. The molecule has 0 saturated carbocycles. The van der Waals surface area contributed by atoms with Crippen molar-refractivity contribution in [2.45, 2.75) is 50.3 Å². The van der Waals surface area contributed by atoms with Crippen LogP contribution in [0.15, 0.2) is 15.7 Å². The quantitative estimate of drug-likeness (QED) is 0.603. The highest BCUT2D eigenvalue weighted by Crippen LogP contribution is 2.25. The molecule has 0 amide bonds. The van der Waals surface area contributed by atoms with E-state index in [9.17, 15) is 0 Å². The SMILES string of the molecule is CCCc1nc(Br)cc(SC(C)CC)n1. The predicted molar refractivity (Wildman–Crippen MR) is 69.3 cm³/mol. The fraction of sp³-hybridized carbons (Fsp3) is 0.636. The van der Waals surface area contributed by atoms with Gasteiger partial charge in [0.05, 0.1) is 0 Å². The molecule has 0 N–H and O–H groups in total. The van der Waals surface area contributed by atoms with E-state index in [1.807, 2.05) is 17.8 Å². The van der Waals surface area contributed by atoms with Crippen molar-refractivity contribution in [3.05, 3.63) is 16.5 Å². The van der Waals surface area contributed by atoms with Crippen LogP contribution in [0.3, 0.4) is 0 Å². The molecule has 0 saturated heterocycles. The highest BCUT2D eigenvalue weighted by molar-refractivity contribution is 9.10. The third-order valence-electron chi connectivity index (χ3n) is 2.09. The zero-order valence-corrected chi connectivity index (χ0v) is 11.9. The van der Waals surface area contributed by atoms with Gasteiger partial charge in [0, 0.05) is 17.7 Å². The molecule has 4 heteroatoms. The number of aryl methyl sites for hydroxylation is 1. The van der Waals surface area contributed by atoms with E-state index in [0.717, 1.165) is 34.7 Å². The van der Waals surface area contributed by atoms with Crippen LogP contribution in [0.4, 0.5) is 0 Å². The van der Waals surface area contributed by atoms with Gasteiger partial charge in [-0.05, 0) is 28.8 Å². The minimum Gasteiger partial charge on any atom is -0.227 e. The maximum absolute atomic E-state index is 4.53. The average molecular weight is 289 g/mol. The topological polar surface area (TPSA) is 25.8 Å². The summed E-state index contributed by atoms with van der Waals surface area (Å²) >= 11 is 5.25. The third-order valence-corrected chi connectivity index (χ3v) is 3.68. The van der Waals surface area contributed by atoms with Gasteiger partial charge in [-0.25, -0.2) is 9.97 Å². The molecular weight excluding hydrogens is 272 g/mol. The van der Waals surface area contributed by atoms with Gasteiger partial charge >= 0.3 is 0 Å². The standard InChI is InChI=1S/C11H17BrN2S/c1-4-6-10-13-9(12)7-11(14-10)15-8(3)5-2/h7-8H,4-6H2,1-3H3. The van der Waals surface area contributed by atoms with Gasteiger partial charge in [0.2, 0.25) is 0 Å². The fourth-order valence-corrected chi connectivity index (χ4v) is 2.62. The number of hydrogen-bond acceptors (Lipinski definition) is 3. The lowest BCUT2D eigenvalue weighted by Gasteiger charge is -2.08. The molecule has 1 aromatic heterocycles. The van der Waals surface area contributed by atoms with Crippen molar-refractivity contribution >= 4 is 27.7 Å². The van der Waals surface area contributed by atoms with E-state index in [1.165, 1.54) is 0 Å². The van der Waals surface area contributed by atoms with Crippen LogP contribution in [-0.2, 0) is 6.42 Å². The number of hydrogen-bond donors (Lipinski definition) is 0. The summed E-state index contributed by atoms with van der Waals surface area (Å²) in [5.41, 5.74) is 0. The normalized spacial score (nSPS) is 12.8. The zero-order valence-electron chi connectivity index (χ0n) is 9.46. The van der Waals surface area contributed by atoms with E-state index in [2.05, 4.69) is 46.7 Å². The summed E-state index contributed by atoms with van der Waals surface area (Å²) in [5, 5.41) is 1.69. The summed E-state index contributed by atoms with van der Waals surface area (Å²) in [5.74, 6) is 0.942. The average Bonchev–Trinajstić information content (AvgIpc) is 2.17. The van der Waals surface area contributed by atoms with Crippen LogP contribution in [0.2, 0.25) is 0 Å². The number of nitrogens with zero attached hydrogens (tertiary/aromatic N) is 2. The number of aromatic nitrogens is 2. The molecule has 1 heterocycles. The van der Waals surface area contributed by atoms with Crippen LogP contribution in [-0.4, -0.2) is 15.2 Å². The summed E-state index contributed by atoms with van der Waals surface area (Å²) in [4.78, 5) is 8.88. The van der Waals surface area contributed by atoms with Crippen molar-refractivity contribution in [1.29, 1.82) is 0 Å². The van der Waals surface area contributed by atoms with Crippen LogP contribution < -0.4 is 0 Å². The lowest BCUT2D eigenvalue weighted by Crippen LogP contribution is -1.99. The van der Waals surface area contributed by atoms with Crippen LogP contribution in [0.1, 0.15) is 39.4 Å². The first-order chi connectivity index (χ1) is 7.15. The highest BCUT2D eigenvalue weighted by Gasteiger charge is 2.06. The Morgan fingerprint density at radius 1 is 1.40 bits per heavy atom. The minimum absolute atomic E-state index is 0.612. The largest absolute Gasteiger partial charge is 0.227 e. The first kappa shape index (κ1) is 13.0. The fourth-order valence-electron chi connectivity index (χ4n) is 1.13. The maximum atomic E-state index is 4.53. The molecule has 1 unspecified atom stereocenters. The second-order valence-corrected chi connectivity index (χ2v) is 5.80. The molecule has 0 aromatic carbocycles. The van der Waals surface area contributed by atoms with E-state index in [4.69, 9.17) is 0 Å². The number of halogens is 1. The Hall–Kier alpha value is -0.0900. The second kappa shape index (κ2) is 6.48.